The molecule has 0 radical (unpaired) electrons. The molecule has 0 heterocycles. The second-order valence-electron chi connectivity index (χ2n) is 5.24. The summed E-state index contributed by atoms with van der Waals surface area (Å²) >= 11 is 6.51. The van der Waals surface area contributed by atoms with Crippen LogP contribution in [-0.4, -0.2) is 25.0 Å². The molecule has 0 bridgehead atoms. The first-order valence-electron chi connectivity index (χ1n) is 6.45. The third kappa shape index (κ3) is 4.06. The number of benzene rings is 1. The summed E-state index contributed by atoms with van der Waals surface area (Å²) in [6.07, 6.45) is 2.56. The molecule has 0 aromatic heterocycles. The van der Waals surface area contributed by atoms with Crippen LogP contribution in [-0.2, 0) is 14.8 Å². The van der Waals surface area contributed by atoms with Gasteiger partial charge in [0.25, 0.3) is 0 Å². The van der Waals surface area contributed by atoms with Gasteiger partial charge < -0.3 is 5.11 Å². The molecule has 8 heteroatoms. The van der Waals surface area contributed by atoms with Crippen LogP contribution in [0.4, 0.5) is 0 Å². The van der Waals surface area contributed by atoms with Crippen molar-refractivity contribution >= 4 is 47.9 Å². The molecule has 116 valence electrons. The number of rotatable bonds is 5. The number of hydrogen-bond acceptors (Lipinski definition) is 3. The van der Waals surface area contributed by atoms with Gasteiger partial charge in [-0.2, -0.15) is 0 Å². The van der Waals surface area contributed by atoms with Gasteiger partial charge >= 0.3 is 5.97 Å². The van der Waals surface area contributed by atoms with Crippen LogP contribution in [0.1, 0.15) is 32.1 Å². The van der Waals surface area contributed by atoms with Crippen LogP contribution in [0, 0.1) is 0 Å². The lowest BCUT2D eigenvalue weighted by atomic mass is 9.95. The highest BCUT2D eigenvalue weighted by atomic mass is 79.9. The number of carboxylic acids is 1. The van der Waals surface area contributed by atoms with Gasteiger partial charge in [0, 0.05) is 14.5 Å². The Balaban J connectivity index is 2.32. The minimum Gasteiger partial charge on any atom is -0.481 e. The molecule has 0 amide bonds. The maximum atomic E-state index is 12.6. The SMILES string of the molecule is O=C(O)CC1(NS(=O)(=O)c2ccc(Br)cc2Br)CCCC1. The fraction of sp³-hybridized carbons (Fsp3) is 0.462. The molecule has 2 rings (SSSR count). The fourth-order valence-electron chi connectivity index (χ4n) is 2.69. The maximum Gasteiger partial charge on any atom is 0.305 e. The summed E-state index contributed by atoms with van der Waals surface area (Å²) in [7, 11) is -3.78. The van der Waals surface area contributed by atoms with Crippen molar-refractivity contribution in [3.05, 3.63) is 27.1 Å². The van der Waals surface area contributed by atoms with E-state index in [2.05, 4.69) is 36.6 Å². The Morgan fingerprint density at radius 1 is 1.29 bits per heavy atom. The van der Waals surface area contributed by atoms with Crippen LogP contribution in [0.3, 0.4) is 0 Å². The number of aliphatic carboxylic acids is 1. The quantitative estimate of drug-likeness (QED) is 0.735. The minimum atomic E-state index is -3.78. The van der Waals surface area contributed by atoms with Crippen LogP contribution in [0.25, 0.3) is 0 Å². The van der Waals surface area contributed by atoms with Gasteiger partial charge in [-0.15, -0.1) is 0 Å². The van der Waals surface area contributed by atoms with Gasteiger partial charge in [-0.1, -0.05) is 28.8 Å². The van der Waals surface area contributed by atoms with E-state index >= 15 is 0 Å². The zero-order valence-corrected chi connectivity index (χ0v) is 15.1. The number of hydrogen-bond donors (Lipinski definition) is 2. The topological polar surface area (TPSA) is 83.5 Å². The van der Waals surface area contributed by atoms with Gasteiger partial charge in [0.1, 0.15) is 0 Å². The van der Waals surface area contributed by atoms with Crippen LogP contribution in [0.15, 0.2) is 32.0 Å². The van der Waals surface area contributed by atoms with Crippen molar-refractivity contribution in [1.29, 1.82) is 0 Å². The molecule has 21 heavy (non-hydrogen) atoms. The number of carboxylic acid groups (broad SMARTS) is 1. The van der Waals surface area contributed by atoms with E-state index in [1.165, 1.54) is 6.07 Å². The number of nitrogens with one attached hydrogen (secondary N) is 1. The molecule has 1 aromatic rings. The van der Waals surface area contributed by atoms with Crippen molar-refractivity contribution < 1.29 is 18.3 Å². The summed E-state index contributed by atoms with van der Waals surface area (Å²) in [5.41, 5.74) is -0.878. The zero-order valence-electron chi connectivity index (χ0n) is 11.1. The highest BCUT2D eigenvalue weighted by molar-refractivity contribution is 9.11. The molecular weight excluding hydrogens is 426 g/mol. The van der Waals surface area contributed by atoms with E-state index in [9.17, 15) is 13.2 Å². The molecule has 5 nitrogen and oxygen atoms in total. The van der Waals surface area contributed by atoms with Crippen LogP contribution >= 0.6 is 31.9 Å². The predicted octanol–water partition coefficient (Wildman–Crippen LogP) is 3.28. The number of carbonyl (C=O) groups is 1. The van der Waals surface area contributed by atoms with Crippen LogP contribution < -0.4 is 4.72 Å². The predicted molar refractivity (Wildman–Crippen MR) is 85.6 cm³/mol. The molecule has 2 N–H and O–H groups in total. The van der Waals surface area contributed by atoms with Gasteiger partial charge in [0.15, 0.2) is 0 Å². The summed E-state index contributed by atoms with van der Waals surface area (Å²) in [5.74, 6) is -0.991. The standard InChI is InChI=1S/C13H15Br2NO4S/c14-9-3-4-11(10(15)7-9)21(19,20)16-13(8-12(17)18)5-1-2-6-13/h3-4,7,16H,1-2,5-6,8H2,(H,17,18). The van der Waals surface area contributed by atoms with Crippen LogP contribution in [0.2, 0.25) is 0 Å². The Morgan fingerprint density at radius 3 is 2.43 bits per heavy atom. The fourth-order valence-corrected chi connectivity index (χ4v) is 5.89. The van der Waals surface area contributed by atoms with Gasteiger partial charge in [-0.3, -0.25) is 4.79 Å². The van der Waals surface area contributed by atoms with E-state index in [0.29, 0.717) is 17.3 Å². The Morgan fingerprint density at radius 2 is 1.90 bits per heavy atom. The molecule has 0 atom stereocenters. The highest BCUT2D eigenvalue weighted by Crippen LogP contribution is 2.35. The van der Waals surface area contributed by atoms with Gasteiger partial charge in [0.05, 0.1) is 11.3 Å². The molecule has 0 saturated heterocycles. The minimum absolute atomic E-state index is 0.113. The largest absolute Gasteiger partial charge is 0.481 e. The maximum absolute atomic E-state index is 12.6. The Hall–Kier alpha value is -0.440. The smallest absolute Gasteiger partial charge is 0.305 e. The Bertz CT molecular complexity index is 654. The first-order chi connectivity index (χ1) is 9.74. The highest BCUT2D eigenvalue weighted by Gasteiger charge is 2.40. The van der Waals surface area contributed by atoms with Crippen molar-refractivity contribution in [3.8, 4) is 0 Å². The first kappa shape index (κ1) is 16.9. The lowest BCUT2D eigenvalue weighted by Gasteiger charge is -2.28. The third-order valence-corrected chi connectivity index (χ3v) is 6.63. The molecule has 1 fully saturated rings. The number of halogens is 2. The van der Waals surface area contributed by atoms with E-state index in [0.717, 1.165) is 17.3 Å². The summed E-state index contributed by atoms with van der Waals surface area (Å²) in [6, 6.07) is 4.77. The van der Waals surface area contributed by atoms with E-state index in [4.69, 9.17) is 5.11 Å². The molecule has 0 aliphatic heterocycles. The van der Waals surface area contributed by atoms with Crippen molar-refractivity contribution in [2.45, 2.75) is 42.5 Å². The average molecular weight is 441 g/mol. The summed E-state index contributed by atoms with van der Waals surface area (Å²) in [5, 5.41) is 9.05. The van der Waals surface area contributed by atoms with Gasteiger partial charge in [0.2, 0.25) is 10.0 Å². The van der Waals surface area contributed by atoms with E-state index < -0.39 is 21.5 Å². The monoisotopic (exact) mass is 439 g/mol. The van der Waals surface area contributed by atoms with E-state index in [1.807, 2.05) is 0 Å². The molecule has 0 unspecified atom stereocenters. The molecular formula is C13H15Br2NO4S. The second-order valence-corrected chi connectivity index (χ2v) is 8.66. The normalized spacial score (nSPS) is 17.8. The van der Waals surface area contributed by atoms with E-state index in [1.54, 1.807) is 12.1 Å². The molecule has 1 aromatic carbocycles. The lowest BCUT2D eigenvalue weighted by molar-refractivity contribution is -0.138. The first-order valence-corrected chi connectivity index (χ1v) is 9.52. The van der Waals surface area contributed by atoms with Crippen molar-refractivity contribution in [1.82, 2.24) is 4.72 Å². The third-order valence-electron chi connectivity index (χ3n) is 3.58. The summed E-state index contributed by atoms with van der Waals surface area (Å²) < 4.78 is 28.9. The summed E-state index contributed by atoms with van der Waals surface area (Å²) in [6.45, 7) is 0. The van der Waals surface area contributed by atoms with E-state index in [-0.39, 0.29) is 11.3 Å². The molecule has 1 saturated carbocycles. The average Bonchev–Trinajstić information content (AvgIpc) is 2.74. The molecule has 0 spiro atoms. The lowest BCUT2D eigenvalue weighted by Crippen LogP contribution is -2.47. The molecule has 1 aliphatic carbocycles. The van der Waals surface area contributed by atoms with Crippen molar-refractivity contribution in [2.75, 3.05) is 0 Å². The zero-order chi connectivity index (χ0) is 15.7. The van der Waals surface area contributed by atoms with Gasteiger partial charge in [-0.05, 0) is 47.0 Å². The van der Waals surface area contributed by atoms with Crippen molar-refractivity contribution in [3.63, 3.8) is 0 Å². The van der Waals surface area contributed by atoms with Gasteiger partial charge in [-0.25, -0.2) is 13.1 Å². The van der Waals surface area contributed by atoms with Crippen molar-refractivity contribution in [2.24, 2.45) is 0 Å². The Labute approximate surface area is 140 Å². The summed E-state index contributed by atoms with van der Waals surface area (Å²) in [4.78, 5) is 11.2. The Kier molecular flexibility index (Phi) is 5.12. The van der Waals surface area contributed by atoms with Crippen LogP contribution in [0.5, 0.6) is 0 Å². The second kappa shape index (κ2) is 6.36. The number of sulfonamides is 1. The molecule has 1 aliphatic rings.